The zero-order valence-electron chi connectivity index (χ0n) is 13.2. The number of likely N-dealkylation sites (N-methyl/N-ethyl adjacent to an activating group) is 1. The maximum atomic E-state index is 4.67. The van der Waals surface area contributed by atoms with E-state index in [4.69, 9.17) is 0 Å². The number of hydrogen-bond acceptors (Lipinski definition) is 4. The average Bonchev–Trinajstić information content (AvgIpc) is 2.46. The van der Waals surface area contributed by atoms with Crippen molar-refractivity contribution in [1.82, 2.24) is 15.3 Å². The van der Waals surface area contributed by atoms with Crippen LogP contribution in [0.1, 0.15) is 28.3 Å². The summed E-state index contributed by atoms with van der Waals surface area (Å²) in [6.07, 6.45) is 0.985. The van der Waals surface area contributed by atoms with Crippen molar-refractivity contribution in [3.05, 3.63) is 52.6 Å². The Morgan fingerprint density at radius 3 is 2.33 bits per heavy atom. The van der Waals surface area contributed by atoms with Crippen LogP contribution in [0.25, 0.3) is 0 Å². The first-order chi connectivity index (χ1) is 10.1. The Morgan fingerprint density at radius 2 is 1.71 bits per heavy atom. The van der Waals surface area contributed by atoms with Crippen LogP contribution >= 0.6 is 11.8 Å². The van der Waals surface area contributed by atoms with Gasteiger partial charge in [-0.05, 0) is 58.0 Å². The molecule has 1 heterocycles. The summed E-state index contributed by atoms with van der Waals surface area (Å²) < 4.78 is 0. The Balaban J connectivity index is 2.09. The minimum absolute atomic E-state index is 0.818. The van der Waals surface area contributed by atoms with Crippen molar-refractivity contribution in [3.63, 3.8) is 0 Å². The molecule has 1 N–H and O–H groups in total. The molecule has 2 rings (SSSR count). The summed E-state index contributed by atoms with van der Waals surface area (Å²) in [4.78, 5) is 10.6. The number of rotatable bonds is 6. The van der Waals surface area contributed by atoms with Gasteiger partial charge >= 0.3 is 0 Å². The van der Waals surface area contributed by atoms with E-state index in [9.17, 15) is 0 Å². The van der Waals surface area contributed by atoms with E-state index >= 15 is 0 Å². The summed E-state index contributed by atoms with van der Waals surface area (Å²) in [6.45, 7) is 7.27. The molecule has 0 spiro atoms. The SMILES string of the molecule is CNCCc1c(C)nc(CSc2ccccc2C)nc1C. The normalized spacial score (nSPS) is 10.9. The summed E-state index contributed by atoms with van der Waals surface area (Å²) in [5.41, 5.74) is 4.80. The van der Waals surface area contributed by atoms with Crippen LogP contribution in [0.2, 0.25) is 0 Å². The van der Waals surface area contributed by atoms with E-state index in [0.717, 1.165) is 35.9 Å². The highest BCUT2D eigenvalue weighted by molar-refractivity contribution is 7.98. The molecule has 2 aromatic rings. The third kappa shape index (κ3) is 4.29. The molecule has 112 valence electrons. The second-order valence-corrected chi connectivity index (χ2v) is 6.21. The fourth-order valence-electron chi connectivity index (χ4n) is 2.35. The maximum Gasteiger partial charge on any atom is 0.139 e. The van der Waals surface area contributed by atoms with Gasteiger partial charge in [-0.1, -0.05) is 18.2 Å². The van der Waals surface area contributed by atoms with Gasteiger partial charge in [0.15, 0.2) is 0 Å². The van der Waals surface area contributed by atoms with Gasteiger partial charge in [-0.15, -0.1) is 11.8 Å². The van der Waals surface area contributed by atoms with Crippen LogP contribution in [-0.4, -0.2) is 23.6 Å². The molecule has 3 nitrogen and oxygen atoms in total. The van der Waals surface area contributed by atoms with Gasteiger partial charge in [0.25, 0.3) is 0 Å². The molecule has 0 aliphatic heterocycles. The molecule has 0 aliphatic rings. The van der Waals surface area contributed by atoms with E-state index in [2.05, 4.69) is 60.3 Å². The highest BCUT2D eigenvalue weighted by Crippen LogP contribution is 2.25. The summed E-state index contributed by atoms with van der Waals surface area (Å²) in [7, 11) is 1.97. The monoisotopic (exact) mass is 301 g/mol. The van der Waals surface area contributed by atoms with Crippen LogP contribution in [0.15, 0.2) is 29.2 Å². The summed E-state index contributed by atoms with van der Waals surface area (Å²) in [5, 5.41) is 3.18. The van der Waals surface area contributed by atoms with Crippen molar-refractivity contribution in [2.45, 2.75) is 37.8 Å². The van der Waals surface area contributed by atoms with Crippen LogP contribution in [-0.2, 0) is 12.2 Å². The van der Waals surface area contributed by atoms with Gasteiger partial charge < -0.3 is 5.32 Å². The van der Waals surface area contributed by atoms with Gasteiger partial charge in [0.2, 0.25) is 0 Å². The average molecular weight is 301 g/mol. The van der Waals surface area contributed by atoms with Gasteiger partial charge in [0, 0.05) is 16.3 Å². The van der Waals surface area contributed by atoms with Crippen LogP contribution < -0.4 is 5.32 Å². The minimum Gasteiger partial charge on any atom is -0.319 e. The lowest BCUT2D eigenvalue weighted by molar-refractivity contribution is 0.769. The second kappa shape index (κ2) is 7.57. The third-order valence-electron chi connectivity index (χ3n) is 3.54. The Kier molecular flexibility index (Phi) is 5.76. The Bertz CT molecular complexity index is 588. The molecule has 0 aliphatic carbocycles. The minimum atomic E-state index is 0.818. The lowest BCUT2D eigenvalue weighted by Crippen LogP contribution is -2.14. The van der Waals surface area contributed by atoms with Crippen molar-refractivity contribution in [2.75, 3.05) is 13.6 Å². The Hall–Kier alpha value is -1.39. The molecule has 0 amide bonds. The summed E-state index contributed by atoms with van der Waals surface area (Å²) >= 11 is 1.80. The lowest BCUT2D eigenvalue weighted by atomic mass is 10.1. The largest absolute Gasteiger partial charge is 0.319 e. The number of benzene rings is 1. The van der Waals surface area contributed by atoms with Crippen molar-refractivity contribution < 1.29 is 0 Å². The van der Waals surface area contributed by atoms with Gasteiger partial charge in [-0.2, -0.15) is 0 Å². The van der Waals surface area contributed by atoms with Crippen LogP contribution in [0.5, 0.6) is 0 Å². The molecular formula is C17H23N3S. The Labute approximate surface area is 131 Å². The molecule has 0 saturated heterocycles. The molecular weight excluding hydrogens is 278 g/mol. The van der Waals surface area contributed by atoms with Crippen molar-refractivity contribution >= 4 is 11.8 Å². The predicted molar refractivity (Wildman–Crippen MR) is 89.9 cm³/mol. The number of hydrogen-bond donors (Lipinski definition) is 1. The molecule has 1 aromatic heterocycles. The molecule has 1 aromatic carbocycles. The number of aromatic nitrogens is 2. The number of aryl methyl sites for hydroxylation is 3. The number of nitrogens with one attached hydrogen (secondary N) is 1. The van der Waals surface area contributed by atoms with Crippen LogP contribution in [0.4, 0.5) is 0 Å². The molecule has 4 heteroatoms. The molecule has 0 saturated carbocycles. The standard InChI is InChI=1S/C17H23N3S/c1-12-7-5-6-8-16(12)21-11-17-19-13(2)15(9-10-18-4)14(3)20-17/h5-8,18H,9-11H2,1-4H3. The van der Waals surface area contributed by atoms with Gasteiger partial charge in [0.1, 0.15) is 5.82 Å². The first-order valence-electron chi connectivity index (χ1n) is 7.28. The highest BCUT2D eigenvalue weighted by Gasteiger charge is 2.09. The van der Waals surface area contributed by atoms with Crippen molar-refractivity contribution in [2.24, 2.45) is 0 Å². The van der Waals surface area contributed by atoms with E-state index in [1.165, 1.54) is 16.0 Å². The van der Waals surface area contributed by atoms with Crippen molar-refractivity contribution in [1.29, 1.82) is 0 Å². The van der Waals surface area contributed by atoms with Crippen LogP contribution in [0, 0.1) is 20.8 Å². The van der Waals surface area contributed by atoms with E-state index in [1.807, 2.05) is 7.05 Å². The lowest BCUT2D eigenvalue weighted by Gasteiger charge is -2.11. The third-order valence-corrected chi connectivity index (χ3v) is 4.71. The highest BCUT2D eigenvalue weighted by atomic mass is 32.2. The summed E-state index contributed by atoms with van der Waals surface area (Å²) in [6, 6.07) is 8.44. The van der Waals surface area contributed by atoms with Crippen LogP contribution in [0.3, 0.4) is 0 Å². The van der Waals surface area contributed by atoms with E-state index in [-0.39, 0.29) is 0 Å². The smallest absolute Gasteiger partial charge is 0.139 e. The molecule has 0 fully saturated rings. The topological polar surface area (TPSA) is 37.8 Å². The fourth-order valence-corrected chi connectivity index (χ4v) is 3.23. The Morgan fingerprint density at radius 1 is 1.05 bits per heavy atom. The van der Waals surface area contributed by atoms with Gasteiger partial charge in [-0.25, -0.2) is 9.97 Å². The van der Waals surface area contributed by atoms with E-state index in [0.29, 0.717) is 0 Å². The number of thioether (sulfide) groups is 1. The predicted octanol–water partition coefficient (Wildman–Crippen LogP) is 3.46. The van der Waals surface area contributed by atoms with E-state index in [1.54, 1.807) is 11.8 Å². The maximum absolute atomic E-state index is 4.67. The van der Waals surface area contributed by atoms with Gasteiger partial charge in [0.05, 0.1) is 5.75 Å². The zero-order valence-corrected chi connectivity index (χ0v) is 14.0. The molecule has 0 unspecified atom stereocenters. The van der Waals surface area contributed by atoms with E-state index < -0.39 is 0 Å². The van der Waals surface area contributed by atoms with Crippen molar-refractivity contribution in [3.8, 4) is 0 Å². The number of nitrogens with zero attached hydrogens (tertiary/aromatic N) is 2. The fraction of sp³-hybridized carbons (Fsp3) is 0.412. The molecule has 0 radical (unpaired) electrons. The molecule has 0 bridgehead atoms. The van der Waals surface area contributed by atoms with Gasteiger partial charge in [-0.3, -0.25) is 0 Å². The second-order valence-electron chi connectivity index (χ2n) is 5.20. The molecule has 0 atom stereocenters. The zero-order chi connectivity index (χ0) is 15.2. The first-order valence-corrected chi connectivity index (χ1v) is 8.26. The quantitative estimate of drug-likeness (QED) is 0.829. The first kappa shape index (κ1) is 16.0. The summed E-state index contributed by atoms with van der Waals surface area (Å²) in [5.74, 6) is 1.74. The molecule has 21 heavy (non-hydrogen) atoms.